The van der Waals surface area contributed by atoms with Crippen LogP contribution in [0.3, 0.4) is 0 Å². The number of aromatic nitrogens is 2. The molecule has 4 saturated carbocycles. The maximum atomic E-state index is 12.7. The van der Waals surface area contributed by atoms with Gasteiger partial charge >= 0.3 is 0 Å². The van der Waals surface area contributed by atoms with Crippen molar-refractivity contribution in [1.29, 1.82) is 0 Å². The Hall–Kier alpha value is -1.65. The van der Waals surface area contributed by atoms with Crippen LogP contribution in [-0.2, 0) is 11.8 Å². The Morgan fingerprint density at radius 2 is 1.64 bits per heavy atom. The molecular weight excluding hydrogens is 314 g/mol. The normalized spacial score (nSPS) is 34.2. The van der Waals surface area contributed by atoms with Crippen molar-refractivity contribution in [3.8, 4) is 0 Å². The van der Waals surface area contributed by atoms with E-state index in [2.05, 4.69) is 17.3 Å². The summed E-state index contributed by atoms with van der Waals surface area (Å²) in [5, 5.41) is 7.34. The quantitative estimate of drug-likeness (QED) is 0.675. The van der Waals surface area contributed by atoms with E-state index in [-0.39, 0.29) is 11.5 Å². The molecule has 4 aliphatic rings. The number of ketones is 1. The Bertz CT molecular complexity index is 698. The molecule has 0 aliphatic heterocycles. The van der Waals surface area contributed by atoms with Crippen LogP contribution in [0.4, 0.5) is 0 Å². The standard InChI is InChI=1S/C20H29N3O2/c1-11-17(12(2)23(4)22-11)18(24)19(25)21-13(3)20-8-14-5-15(9-20)7-16(6-14)10-20/h13-16H,5-10H2,1-4H3,(H,21,25). The Morgan fingerprint density at radius 1 is 1.12 bits per heavy atom. The third kappa shape index (κ3) is 2.63. The van der Waals surface area contributed by atoms with E-state index in [0.29, 0.717) is 11.3 Å². The lowest BCUT2D eigenvalue weighted by molar-refractivity contribution is -0.121. The Kier molecular flexibility index (Phi) is 3.82. The number of Topliss-reactive ketones (excluding diaryl/α,β-unsaturated/α-hetero) is 1. The van der Waals surface area contributed by atoms with Gasteiger partial charge in [0.2, 0.25) is 0 Å². The predicted molar refractivity (Wildman–Crippen MR) is 95.2 cm³/mol. The Morgan fingerprint density at radius 3 is 2.08 bits per heavy atom. The van der Waals surface area contributed by atoms with Crippen molar-refractivity contribution in [2.24, 2.45) is 30.2 Å². The summed E-state index contributed by atoms with van der Waals surface area (Å²) < 4.78 is 1.67. The van der Waals surface area contributed by atoms with E-state index in [0.717, 1.165) is 23.4 Å². The second-order valence-corrected chi connectivity index (χ2v) is 8.97. The molecule has 1 heterocycles. The zero-order valence-corrected chi connectivity index (χ0v) is 15.8. The predicted octanol–water partition coefficient (Wildman–Crippen LogP) is 2.94. The second kappa shape index (κ2) is 5.68. The topological polar surface area (TPSA) is 64.0 Å². The molecule has 4 bridgehead atoms. The third-order valence-corrected chi connectivity index (χ3v) is 7.29. The van der Waals surface area contributed by atoms with Gasteiger partial charge in [0.1, 0.15) is 0 Å². The molecule has 5 nitrogen and oxygen atoms in total. The molecule has 1 N–H and O–H groups in total. The molecule has 4 fully saturated rings. The summed E-state index contributed by atoms with van der Waals surface area (Å²) in [7, 11) is 1.80. The number of nitrogens with one attached hydrogen (secondary N) is 1. The summed E-state index contributed by atoms with van der Waals surface area (Å²) in [6.45, 7) is 5.74. The molecule has 1 atom stereocenters. The average Bonchev–Trinajstić information content (AvgIpc) is 2.78. The van der Waals surface area contributed by atoms with E-state index in [9.17, 15) is 9.59 Å². The van der Waals surface area contributed by atoms with Gasteiger partial charge in [-0.15, -0.1) is 0 Å². The largest absolute Gasteiger partial charge is 0.346 e. The van der Waals surface area contributed by atoms with Crippen LogP contribution in [0.15, 0.2) is 0 Å². The second-order valence-electron chi connectivity index (χ2n) is 8.97. The first kappa shape index (κ1) is 16.8. The fourth-order valence-electron chi connectivity index (χ4n) is 6.34. The van der Waals surface area contributed by atoms with Gasteiger partial charge in [-0.25, -0.2) is 0 Å². The molecule has 1 amide bonds. The number of nitrogens with zero attached hydrogens (tertiary/aromatic N) is 2. The Labute approximate surface area is 149 Å². The third-order valence-electron chi connectivity index (χ3n) is 7.29. The number of hydrogen-bond acceptors (Lipinski definition) is 3. The van der Waals surface area contributed by atoms with Crippen LogP contribution in [0.5, 0.6) is 0 Å². The summed E-state index contributed by atoms with van der Waals surface area (Å²) in [6.07, 6.45) is 7.81. The van der Waals surface area contributed by atoms with E-state index in [1.165, 1.54) is 38.5 Å². The van der Waals surface area contributed by atoms with Gasteiger partial charge in [0.25, 0.3) is 11.7 Å². The van der Waals surface area contributed by atoms with Crippen LogP contribution in [0, 0.1) is 37.0 Å². The smallest absolute Gasteiger partial charge is 0.292 e. The molecule has 1 aromatic heterocycles. The summed E-state index contributed by atoms with van der Waals surface area (Å²) in [5.41, 5.74) is 2.05. The van der Waals surface area contributed by atoms with Crippen LogP contribution in [0.25, 0.3) is 0 Å². The molecule has 4 aliphatic carbocycles. The highest BCUT2D eigenvalue weighted by atomic mass is 16.2. The lowest BCUT2D eigenvalue weighted by Gasteiger charge is -2.59. The van der Waals surface area contributed by atoms with Crippen LogP contribution >= 0.6 is 0 Å². The van der Waals surface area contributed by atoms with Gasteiger partial charge in [-0.3, -0.25) is 14.3 Å². The van der Waals surface area contributed by atoms with Gasteiger partial charge in [0, 0.05) is 18.8 Å². The van der Waals surface area contributed by atoms with Gasteiger partial charge in [0.15, 0.2) is 0 Å². The fraction of sp³-hybridized carbons (Fsp3) is 0.750. The molecule has 25 heavy (non-hydrogen) atoms. The summed E-state index contributed by atoms with van der Waals surface area (Å²) in [6, 6.07) is 0.0645. The van der Waals surface area contributed by atoms with Crippen molar-refractivity contribution < 1.29 is 9.59 Å². The molecule has 1 unspecified atom stereocenters. The van der Waals surface area contributed by atoms with Crippen molar-refractivity contribution in [1.82, 2.24) is 15.1 Å². The van der Waals surface area contributed by atoms with Crippen LogP contribution in [-0.4, -0.2) is 27.5 Å². The van der Waals surface area contributed by atoms with Crippen LogP contribution in [0.1, 0.15) is 67.2 Å². The van der Waals surface area contributed by atoms with Gasteiger partial charge in [0.05, 0.1) is 11.3 Å². The SMILES string of the molecule is Cc1nn(C)c(C)c1C(=O)C(=O)NC(C)C12CC3CC(CC(C3)C1)C2. The van der Waals surface area contributed by atoms with Crippen molar-refractivity contribution in [3.05, 3.63) is 17.0 Å². The lowest BCUT2D eigenvalue weighted by atomic mass is 9.48. The first-order valence-electron chi connectivity index (χ1n) is 9.64. The minimum atomic E-state index is -0.470. The number of carbonyl (C=O) groups is 2. The number of rotatable bonds is 4. The first-order chi connectivity index (χ1) is 11.8. The maximum absolute atomic E-state index is 12.7. The van der Waals surface area contributed by atoms with E-state index in [1.54, 1.807) is 18.7 Å². The van der Waals surface area contributed by atoms with Gasteiger partial charge < -0.3 is 5.32 Å². The monoisotopic (exact) mass is 343 g/mol. The zero-order chi connectivity index (χ0) is 17.9. The summed E-state index contributed by atoms with van der Waals surface area (Å²) in [4.78, 5) is 25.4. The van der Waals surface area contributed by atoms with E-state index in [1.807, 2.05) is 6.92 Å². The molecule has 5 rings (SSSR count). The summed E-state index contributed by atoms with van der Waals surface area (Å²) >= 11 is 0. The molecule has 0 spiro atoms. The molecule has 0 aromatic carbocycles. The van der Waals surface area contributed by atoms with Crippen molar-refractivity contribution in [2.45, 2.75) is 65.3 Å². The van der Waals surface area contributed by atoms with Crippen molar-refractivity contribution in [3.63, 3.8) is 0 Å². The van der Waals surface area contributed by atoms with E-state index < -0.39 is 11.7 Å². The highest BCUT2D eigenvalue weighted by molar-refractivity contribution is 6.43. The molecular formula is C20H29N3O2. The number of hydrogen-bond donors (Lipinski definition) is 1. The zero-order valence-electron chi connectivity index (χ0n) is 15.8. The number of amides is 1. The highest BCUT2D eigenvalue weighted by Crippen LogP contribution is 2.61. The molecule has 1 aromatic rings. The van der Waals surface area contributed by atoms with Gasteiger partial charge in [-0.1, -0.05) is 0 Å². The lowest BCUT2D eigenvalue weighted by Crippen LogP contribution is -2.56. The Balaban J connectivity index is 1.50. The highest BCUT2D eigenvalue weighted by Gasteiger charge is 2.53. The number of carbonyl (C=O) groups excluding carboxylic acids is 2. The average molecular weight is 343 g/mol. The fourth-order valence-corrected chi connectivity index (χ4v) is 6.34. The van der Waals surface area contributed by atoms with Crippen molar-refractivity contribution in [2.75, 3.05) is 0 Å². The van der Waals surface area contributed by atoms with Crippen LogP contribution < -0.4 is 5.32 Å². The molecule has 0 saturated heterocycles. The molecule has 0 radical (unpaired) electrons. The number of aryl methyl sites for hydroxylation is 2. The van der Waals surface area contributed by atoms with Gasteiger partial charge in [-0.05, 0) is 82.5 Å². The van der Waals surface area contributed by atoms with E-state index >= 15 is 0 Å². The van der Waals surface area contributed by atoms with E-state index in [4.69, 9.17) is 0 Å². The first-order valence-corrected chi connectivity index (χ1v) is 9.64. The van der Waals surface area contributed by atoms with Gasteiger partial charge in [-0.2, -0.15) is 5.10 Å². The molecule has 136 valence electrons. The minimum absolute atomic E-state index is 0.0645. The maximum Gasteiger partial charge on any atom is 0.292 e. The van der Waals surface area contributed by atoms with Crippen LogP contribution in [0.2, 0.25) is 0 Å². The molecule has 5 heteroatoms. The van der Waals surface area contributed by atoms with Crippen molar-refractivity contribution >= 4 is 11.7 Å². The summed E-state index contributed by atoms with van der Waals surface area (Å²) in [5.74, 6) is 1.60. The minimum Gasteiger partial charge on any atom is -0.346 e.